The number of hydrogen-bond acceptors (Lipinski definition) is 7. The fourth-order valence-corrected chi connectivity index (χ4v) is 6.12. The van der Waals surface area contributed by atoms with Crippen LogP contribution in [0, 0.1) is 10.1 Å². The molecule has 2 aromatic carbocycles. The molecule has 2 aliphatic heterocycles. The van der Waals surface area contributed by atoms with Crippen molar-refractivity contribution in [3.63, 3.8) is 0 Å². The van der Waals surface area contributed by atoms with Crippen molar-refractivity contribution in [1.29, 1.82) is 0 Å². The average molecular weight is 592 g/mol. The zero-order valence-electron chi connectivity index (χ0n) is 23.6. The number of aliphatic hydroxyl groups is 1. The van der Waals surface area contributed by atoms with Gasteiger partial charge in [0.2, 0.25) is 11.6 Å². The maximum Gasteiger partial charge on any atom is 0.270 e. The second kappa shape index (κ2) is 12.9. The summed E-state index contributed by atoms with van der Waals surface area (Å²) in [7, 11) is 0. The molecule has 2 heterocycles. The summed E-state index contributed by atoms with van der Waals surface area (Å²) in [6.07, 6.45) is 10.1. The second-order valence-corrected chi connectivity index (χ2v) is 11.4. The lowest BCUT2D eigenvalue weighted by atomic mass is 9.74. The highest BCUT2D eigenvalue weighted by atomic mass is 35.5. The SMILES string of the molecule is CCCCCCCCCCCC1=C(O)C(=O)C2=C(OC(c3cccc([N+](=O)[O-])c3)=C3COc4ccc(Cl)cc4C32)C1=O. The van der Waals surface area contributed by atoms with E-state index < -0.39 is 28.2 Å². The van der Waals surface area contributed by atoms with Gasteiger partial charge in [-0.2, -0.15) is 0 Å². The molecule has 0 fully saturated rings. The quantitative estimate of drug-likeness (QED) is 0.114. The van der Waals surface area contributed by atoms with Crippen molar-refractivity contribution in [1.82, 2.24) is 0 Å². The van der Waals surface area contributed by atoms with Crippen molar-refractivity contribution in [2.45, 2.75) is 77.0 Å². The van der Waals surface area contributed by atoms with Gasteiger partial charge in [0.1, 0.15) is 18.1 Å². The molecule has 1 aliphatic carbocycles. The highest BCUT2D eigenvalue weighted by Crippen LogP contribution is 2.52. The predicted octanol–water partition coefficient (Wildman–Crippen LogP) is 8.30. The number of ketones is 2. The molecule has 0 radical (unpaired) electrons. The van der Waals surface area contributed by atoms with Crippen LogP contribution >= 0.6 is 11.6 Å². The average Bonchev–Trinajstić information content (AvgIpc) is 2.99. The van der Waals surface area contributed by atoms with E-state index in [1.165, 1.54) is 50.3 Å². The molecule has 0 amide bonds. The van der Waals surface area contributed by atoms with E-state index in [9.17, 15) is 24.8 Å². The van der Waals surface area contributed by atoms with Crippen LogP contribution < -0.4 is 4.74 Å². The van der Waals surface area contributed by atoms with E-state index in [-0.39, 0.29) is 41.4 Å². The molecule has 8 nitrogen and oxygen atoms in total. The summed E-state index contributed by atoms with van der Waals surface area (Å²) >= 11 is 6.33. The predicted molar refractivity (Wildman–Crippen MR) is 159 cm³/mol. The monoisotopic (exact) mass is 591 g/mol. The number of Topliss-reactive ketones (excluding diaryl/α,β-unsaturated/α-hetero) is 2. The normalized spacial score (nSPS) is 17.9. The van der Waals surface area contributed by atoms with E-state index in [2.05, 4.69) is 6.92 Å². The van der Waals surface area contributed by atoms with Crippen molar-refractivity contribution < 1.29 is 29.1 Å². The van der Waals surface area contributed by atoms with Crippen LogP contribution in [0.5, 0.6) is 5.75 Å². The fourth-order valence-electron chi connectivity index (χ4n) is 5.94. The molecule has 1 N–H and O–H groups in total. The molecule has 0 aromatic heterocycles. The van der Waals surface area contributed by atoms with Crippen LogP contribution in [-0.2, 0) is 14.3 Å². The Bertz CT molecular complexity index is 1520. The Balaban J connectivity index is 1.44. The first-order valence-electron chi connectivity index (χ1n) is 14.7. The molecule has 1 atom stereocenters. The van der Waals surface area contributed by atoms with Gasteiger partial charge >= 0.3 is 0 Å². The Labute approximate surface area is 249 Å². The third kappa shape index (κ3) is 5.86. The van der Waals surface area contributed by atoms with E-state index in [4.69, 9.17) is 21.1 Å². The van der Waals surface area contributed by atoms with Gasteiger partial charge in [0.15, 0.2) is 11.5 Å². The Hall–Kier alpha value is -3.91. The van der Waals surface area contributed by atoms with Crippen LogP contribution in [0.2, 0.25) is 5.02 Å². The lowest BCUT2D eigenvalue weighted by Crippen LogP contribution is -2.35. The number of carbonyl (C=O) groups is 2. The van der Waals surface area contributed by atoms with E-state index in [0.717, 1.165) is 19.3 Å². The summed E-state index contributed by atoms with van der Waals surface area (Å²) in [5.74, 6) is -1.98. The summed E-state index contributed by atoms with van der Waals surface area (Å²) in [6, 6.07) is 10.9. The van der Waals surface area contributed by atoms with Crippen molar-refractivity contribution in [2.75, 3.05) is 6.61 Å². The first kappa shape index (κ1) is 29.6. The molecule has 5 rings (SSSR count). The van der Waals surface area contributed by atoms with Crippen LogP contribution in [0.1, 0.15) is 88.2 Å². The molecule has 0 spiro atoms. The number of hydrogen-bond donors (Lipinski definition) is 1. The van der Waals surface area contributed by atoms with Crippen molar-refractivity contribution in [3.05, 3.63) is 97.0 Å². The standard InChI is InChI=1S/C33H34ClNO7/c1-2-3-4-5-6-7-8-9-10-14-23-29(36)31(38)28-27-24-18-21(34)15-16-26(24)41-19-25(27)32(42-33(28)30(23)37)20-12-11-13-22(17-20)35(39)40/h11-13,15-18,27,36H,2-10,14,19H2,1H3. The van der Waals surface area contributed by atoms with Crippen molar-refractivity contribution >= 4 is 34.6 Å². The van der Waals surface area contributed by atoms with Crippen molar-refractivity contribution in [2.24, 2.45) is 0 Å². The van der Waals surface area contributed by atoms with E-state index in [0.29, 0.717) is 33.9 Å². The third-order valence-corrected chi connectivity index (χ3v) is 8.35. The smallest absolute Gasteiger partial charge is 0.270 e. The van der Waals surface area contributed by atoms with Crippen LogP contribution in [-0.4, -0.2) is 28.2 Å². The summed E-state index contributed by atoms with van der Waals surface area (Å²) in [5.41, 5.74) is 1.38. The molecular formula is C33H34ClNO7. The molecule has 220 valence electrons. The third-order valence-electron chi connectivity index (χ3n) is 8.12. The van der Waals surface area contributed by atoms with Crippen LogP contribution in [0.4, 0.5) is 5.69 Å². The molecule has 9 heteroatoms. The molecule has 0 saturated carbocycles. The minimum Gasteiger partial charge on any atom is -0.504 e. The molecule has 1 unspecified atom stereocenters. The molecule has 0 saturated heterocycles. The Morgan fingerprint density at radius 2 is 1.67 bits per heavy atom. The van der Waals surface area contributed by atoms with Gasteiger partial charge in [-0.25, -0.2) is 0 Å². The summed E-state index contributed by atoms with van der Waals surface area (Å²) < 4.78 is 12.1. The van der Waals surface area contributed by atoms with Gasteiger partial charge in [-0.05, 0) is 31.0 Å². The maximum atomic E-state index is 13.8. The van der Waals surface area contributed by atoms with Gasteiger partial charge in [0, 0.05) is 45.3 Å². The highest BCUT2D eigenvalue weighted by Gasteiger charge is 2.47. The number of halogens is 1. The zero-order chi connectivity index (χ0) is 29.8. The number of nitrogens with zero attached hydrogens (tertiary/aromatic N) is 1. The number of rotatable bonds is 12. The lowest BCUT2D eigenvalue weighted by Gasteiger charge is -2.37. The fraction of sp³-hybridized carbons (Fsp3) is 0.394. The van der Waals surface area contributed by atoms with Crippen LogP contribution in [0.25, 0.3) is 5.76 Å². The number of unbranched alkanes of at least 4 members (excludes halogenated alkanes) is 8. The molecule has 3 aliphatic rings. The number of fused-ring (bicyclic) bond motifs is 4. The molecular weight excluding hydrogens is 558 g/mol. The number of benzene rings is 2. The van der Waals surface area contributed by atoms with Gasteiger partial charge < -0.3 is 14.6 Å². The van der Waals surface area contributed by atoms with Gasteiger partial charge in [-0.1, -0.05) is 82.0 Å². The number of aliphatic hydroxyl groups excluding tert-OH is 1. The highest BCUT2D eigenvalue weighted by molar-refractivity contribution is 6.30. The van der Waals surface area contributed by atoms with Gasteiger partial charge in [0.05, 0.1) is 10.5 Å². The number of allylic oxidation sites excluding steroid dienone is 2. The largest absolute Gasteiger partial charge is 0.504 e. The van der Waals surface area contributed by atoms with E-state index >= 15 is 0 Å². The van der Waals surface area contributed by atoms with E-state index in [1.807, 2.05) is 0 Å². The maximum absolute atomic E-state index is 13.8. The van der Waals surface area contributed by atoms with E-state index in [1.54, 1.807) is 24.3 Å². The van der Waals surface area contributed by atoms with Crippen LogP contribution in [0.15, 0.2) is 70.7 Å². The molecule has 2 aromatic rings. The van der Waals surface area contributed by atoms with Crippen LogP contribution in [0.3, 0.4) is 0 Å². The molecule has 0 bridgehead atoms. The summed E-state index contributed by atoms with van der Waals surface area (Å²) in [5, 5.41) is 22.9. The van der Waals surface area contributed by atoms with Gasteiger partial charge in [-0.3, -0.25) is 19.7 Å². The Kier molecular flexibility index (Phi) is 9.12. The number of nitro benzene ring substituents is 1. The van der Waals surface area contributed by atoms with Crippen molar-refractivity contribution in [3.8, 4) is 5.75 Å². The number of carbonyl (C=O) groups excluding carboxylic acids is 2. The zero-order valence-corrected chi connectivity index (χ0v) is 24.4. The number of ether oxygens (including phenoxy) is 2. The van der Waals surface area contributed by atoms with Gasteiger partial charge in [-0.15, -0.1) is 0 Å². The summed E-state index contributed by atoms with van der Waals surface area (Å²) in [4.78, 5) is 38.6. The Morgan fingerprint density at radius 3 is 2.38 bits per heavy atom. The number of nitro groups is 1. The first-order chi connectivity index (χ1) is 20.3. The minimum atomic E-state index is -0.779. The van der Waals surface area contributed by atoms with Gasteiger partial charge in [0.25, 0.3) is 5.69 Å². The second-order valence-electron chi connectivity index (χ2n) is 11.0. The summed E-state index contributed by atoms with van der Waals surface area (Å²) in [6.45, 7) is 2.21. The lowest BCUT2D eigenvalue weighted by molar-refractivity contribution is -0.384. The first-order valence-corrected chi connectivity index (χ1v) is 15.0. The Morgan fingerprint density at radius 1 is 0.952 bits per heavy atom. The topological polar surface area (TPSA) is 116 Å². The minimum absolute atomic E-state index is 0.0192. The molecule has 42 heavy (non-hydrogen) atoms. The number of non-ortho nitro benzene ring substituents is 1.